The van der Waals surface area contributed by atoms with E-state index in [1.54, 1.807) is 0 Å². The van der Waals surface area contributed by atoms with Gasteiger partial charge in [0, 0.05) is 26.2 Å². The summed E-state index contributed by atoms with van der Waals surface area (Å²) in [7, 11) is 0. The highest BCUT2D eigenvalue weighted by atomic mass is 16.5. The van der Waals surface area contributed by atoms with Crippen molar-refractivity contribution in [2.45, 2.75) is 60.5 Å². The molecular formula is C27H40N2O4. The average molecular weight is 457 g/mol. The Bertz CT molecular complexity index is 849. The van der Waals surface area contributed by atoms with Gasteiger partial charge in [0.15, 0.2) is 0 Å². The van der Waals surface area contributed by atoms with Crippen LogP contribution in [0, 0.1) is 17.8 Å². The fraction of sp³-hybridized carbons (Fsp3) is 0.630. The summed E-state index contributed by atoms with van der Waals surface area (Å²) in [5, 5.41) is 0. The minimum atomic E-state index is -0.207. The van der Waals surface area contributed by atoms with E-state index in [9.17, 15) is 9.59 Å². The Morgan fingerprint density at radius 1 is 0.970 bits per heavy atom. The first kappa shape index (κ1) is 25.3. The molecule has 0 spiro atoms. The molecule has 2 aliphatic heterocycles. The number of hydrogen-bond acceptors (Lipinski definition) is 5. The predicted molar refractivity (Wildman–Crippen MR) is 131 cm³/mol. The van der Waals surface area contributed by atoms with Crippen LogP contribution in [-0.4, -0.2) is 60.6 Å². The Hall–Kier alpha value is -2.34. The Kier molecular flexibility index (Phi) is 8.57. The lowest BCUT2D eigenvalue weighted by molar-refractivity contribution is -0.138. The topological polar surface area (TPSA) is 59.1 Å². The van der Waals surface area contributed by atoms with Gasteiger partial charge in [-0.15, -0.1) is 0 Å². The van der Waals surface area contributed by atoms with Crippen LogP contribution in [-0.2, 0) is 14.3 Å². The number of amides is 2. The number of carbonyl (C=O) groups excluding carboxylic acids is 2. The van der Waals surface area contributed by atoms with E-state index in [1.165, 1.54) is 4.90 Å². The molecule has 6 heteroatoms. The summed E-state index contributed by atoms with van der Waals surface area (Å²) in [6.45, 7) is 15.7. The number of benzene rings is 1. The molecule has 2 heterocycles. The molecule has 0 N–H and O–H groups in total. The Labute approximate surface area is 198 Å². The van der Waals surface area contributed by atoms with Gasteiger partial charge in [-0.1, -0.05) is 39.8 Å². The van der Waals surface area contributed by atoms with Crippen molar-refractivity contribution < 1.29 is 19.1 Å². The summed E-state index contributed by atoms with van der Waals surface area (Å²) in [5.41, 5.74) is 1.84. The van der Waals surface area contributed by atoms with Gasteiger partial charge >= 0.3 is 0 Å². The minimum Gasteiger partial charge on any atom is -0.493 e. The van der Waals surface area contributed by atoms with E-state index in [1.807, 2.05) is 38.1 Å². The molecule has 1 aromatic rings. The lowest BCUT2D eigenvalue weighted by atomic mass is 9.91. The molecule has 0 radical (unpaired) electrons. The number of likely N-dealkylation sites (tertiary alicyclic amines) is 1. The van der Waals surface area contributed by atoms with Crippen LogP contribution in [0.3, 0.4) is 0 Å². The van der Waals surface area contributed by atoms with Crippen LogP contribution >= 0.6 is 0 Å². The number of piperidine rings is 1. The second-order valence-electron chi connectivity index (χ2n) is 10.3. The molecule has 2 aliphatic rings. The number of nitrogens with zero attached hydrogens (tertiary/aromatic N) is 2. The average Bonchev–Trinajstić information content (AvgIpc) is 2.99. The molecule has 6 nitrogen and oxygen atoms in total. The van der Waals surface area contributed by atoms with Gasteiger partial charge in [-0.2, -0.15) is 0 Å². The standard InChI is InChI=1S/C27H40N2O4/c1-18(2)17-33-23-10-8-22(9-11-23)24-25(28-15-20(5)14-21(6)16-28)27(31)29(26(24)30)12-7-13-32-19(3)4/h8-11,18-21H,7,12-17H2,1-6H3. The smallest absolute Gasteiger partial charge is 0.277 e. The van der Waals surface area contributed by atoms with Crippen LogP contribution in [0.25, 0.3) is 5.57 Å². The molecule has 0 saturated carbocycles. The lowest BCUT2D eigenvalue weighted by Gasteiger charge is -2.37. The highest BCUT2D eigenvalue weighted by Gasteiger charge is 2.42. The highest BCUT2D eigenvalue weighted by Crippen LogP contribution is 2.35. The molecule has 3 rings (SSSR count). The monoisotopic (exact) mass is 456 g/mol. The van der Waals surface area contributed by atoms with E-state index >= 15 is 0 Å². The van der Waals surface area contributed by atoms with Gasteiger partial charge in [0.05, 0.1) is 18.3 Å². The zero-order valence-electron chi connectivity index (χ0n) is 21.1. The molecule has 2 atom stereocenters. The maximum atomic E-state index is 13.5. The highest BCUT2D eigenvalue weighted by molar-refractivity contribution is 6.35. The van der Waals surface area contributed by atoms with Crippen molar-refractivity contribution in [2.75, 3.05) is 32.8 Å². The second kappa shape index (κ2) is 11.2. The first-order valence-electron chi connectivity index (χ1n) is 12.4. The molecule has 1 saturated heterocycles. The van der Waals surface area contributed by atoms with Gasteiger partial charge in [0.1, 0.15) is 11.4 Å². The molecule has 0 bridgehead atoms. The van der Waals surface area contributed by atoms with Crippen LogP contribution in [0.2, 0.25) is 0 Å². The van der Waals surface area contributed by atoms with Gasteiger partial charge < -0.3 is 14.4 Å². The first-order chi connectivity index (χ1) is 15.7. The summed E-state index contributed by atoms with van der Waals surface area (Å²) >= 11 is 0. The fourth-order valence-electron chi connectivity index (χ4n) is 4.69. The number of rotatable bonds is 10. The van der Waals surface area contributed by atoms with Crippen molar-refractivity contribution in [3.8, 4) is 5.75 Å². The van der Waals surface area contributed by atoms with Gasteiger partial charge in [-0.05, 0) is 62.1 Å². The quantitative estimate of drug-likeness (QED) is 0.381. The predicted octanol–water partition coefficient (Wildman–Crippen LogP) is 4.59. The number of ether oxygens (including phenoxy) is 2. The first-order valence-corrected chi connectivity index (χ1v) is 12.4. The summed E-state index contributed by atoms with van der Waals surface area (Å²) in [6, 6.07) is 7.58. The third-order valence-electron chi connectivity index (χ3n) is 6.03. The zero-order valence-corrected chi connectivity index (χ0v) is 21.1. The van der Waals surface area contributed by atoms with Crippen molar-refractivity contribution >= 4 is 17.4 Å². The van der Waals surface area contributed by atoms with E-state index in [0.29, 0.717) is 55.2 Å². The van der Waals surface area contributed by atoms with E-state index in [4.69, 9.17) is 9.47 Å². The number of imide groups is 1. The number of carbonyl (C=O) groups is 2. The maximum Gasteiger partial charge on any atom is 0.277 e. The van der Waals surface area contributed by atoms with Gasteiger partial charge in [-0.25, -0.2) is 0 Å². The Morgan fingerprint density at radius 2 is 1.61 bits per heavy atom. The van der Waals surface area contributed by atoms with Crippen molar-refractivity contribution in [1.82, 2.24) is 9.80 Å². The lowest BCUT2D eigenvalue weighted by Crippen LogP contribution is -2.42. The third-order valence-corrected chi connectivity index (χ3v) is 6.03. The zero-order chi connectivity index (χ0) is 24.1. The van der Waals surface area contributed by atoms with Crippen molar-refractivity contribution in [2.24, 2.45) is 17.8 Å². The molecule has 182 valence electrons. The third kappa shape index (κ3) is 6.38. The fourth-order valence-corrected chi connectivity index (χ4v) is 4.69. The number of hydrogen-bond donors (Lipinski definition) is 0. The van der Waals surface area contributed by atoms with Crippen molar-refractivity contribution in [3.05, 3.63) is 35.5 Å². The van der Waals surface area contributed by atoms with E-state index < -0.39 is 0 Å². The minimum absolute atomic E-state index is 0.131. The summed E-state index contributed by atoms with van der Waals surface area (Å²) < 4.78 is 11.4. The van der Waals surface area contributed by atoms with E-state index in [0.717, 1.165) is 30.8 Å². The molecule has 0 aromatic heterocycles. The normalized spacial score (nSPS) is 21.7. The largest absolute Gasteiger partial charge is 0.493 e. The summed E-state index contributed by atoms with van der Waals surface area (Å²) in [4.78, 5) is 30.6. The van der Waals surface area contributed by atoms with Crippen LogP contribution in [0.1, 0.15) is 59.9 Å². The van der Waals surface area contributed by atoms with Gasteiger partial charge in [0.2, 0.25) is 0 Å². The van der Waals surface area contributed by atoms with Gasteiger partial charge in [0.25, 0.3) is 11.8 Å². The maximum absolute atomic E-state index is 13.5. The van der Waals surface area contributed by atoms with Crippen LogP contribution < -0.4 is 4.74 Å². The Morgan fingerprint density at radius 3 is 2.18 bits per heavy atom. The van der Waals surface area contributed by atoms with Crippen LogP contribution in [0.5, 0.6) is 5.75 Å². The van der Waals surface area contributed by atoms with Crippen LogP contribution in [0.15, 0.2) is 30.0 Å². The molecule has 1 fully saturated rings. The van der Waals surface area contributed by atoms with Gasteiger partial charge in [-0.3, -0.25) is 14.5 Å². The van der Waals surface area contributed by atoms with Crippen molar-refractivity contribution in [3.63, 3.8) is 0 Å². The summed E-state index contributed by atoms with van der Waals surface area (Å²) in [6.07, 6.45) is 1.90. The van der Waals surface area contributed by atoms with Crippen LogP contribution in [0.4, 0.5) is 0 Å². The molecule has 2 amide bonds. The SMILES string of the molecule is CC(C)COc1ccc(C2=C(N3CC(C)CC(C)C3)C(=O)N(CCCOC(C)C)C2=O)cc1. The molecule has 33 heavy (non-hydrogen) atoms. The van der Waals surface area contributed by atoms with E-state index in [2.05, 4.69) is 32.6 Å². The molecule has 1 aromatic carbocycles. The molecule has 2 unspecified atom stereocenters. The summed E-state index contributed by atoms with van der Waals surface area (Å²) in [5.74, 6) is 1.78. The molecule has 0 aliphatic carbocycles. The Balaban J connectivity index is 1.88. The second-order valence-corrected chi connectivity index (χ2v) is 10.3. The van der Waals surface area contributed by atoms with Crippen molar-refractivity contribution in [1.29, 1.82) is 0 Å². The van der Waals surface area contributed by atoms with E-state index in [-0.39, 0.29) is 17.9 Å². The molecular weight excluding hydrogens is 416 g/mol.